The second-order valence-corrected chi connectivity index (χ2v) is 3.62. The van der Waals surface area contributed by atoms with E-state index >= 15 is 0 Å². The maximum absolute atomic E-state index is 5.18. The molecule has 0 spiro atoms. The third-order valence-corrected chi connectivity index (χ3v) is 2.50. The highest BCUT2D eigenvalue weighted by atomic mass is 15.0. The van der Waals surface area contributed by atoms with E-state index in [-0.39, 0.29) is 0 Å². The lowest BCUT2D eigenvalue weighted by molar-refractivity contribution is 0.598. The predicted octanol–water partition coefficient (Wildman–Crippen LogP) is 2.40. The molecular weight excluding hydrogens is 184 g/mol. The van der Waals surface area contributed by atoms with E-state index < -0.39 is 0 Å². The van der Waals surface area contributed by atoms with Crippen LogP contribution in [0.5, 0.6) is 0 Å². The summed E-state index contributed by atoms with van der Waals surface area (Å²) >= 11 is 0. The molecule has 2 heteroatoms. The number of terminal acetylenes is 1. The van der Waals surface area contributed by atoms with Gasteiger partial charge in [-0.05, 0) is 38.4 Å². The summed E-state index contributed by atoms with van der Waals surface area (Å²) in [5.74, 6) is 2.66. The number of hydrogen-bond acceptors (Lipinski definition) is 1. The first-order valence-electron chi connectivity index (χ1n) is 5.66. The van der Waals surface area contributed by atoms with Crippen LogP contribution in [0.15, 0.2) is 18.3 Å². The van der Waals surface area contributed by atoms with Gasteiger partial charge in [0, 0.05) is 31.4 Å². The predicted molar refractivity (Wildman–Crippen MR) is 64.5 cm³/mol. The van der Waals surface area contributed by atoms with Crippen molar-refractivity contribution in [3.63, 3.8) is 0 Å². The molecule has 1 heterocycles. The van der Waals surface area contributed by atoms with Gasteiger partial charge in [-0.1, -0.05) is 0 Å². The Morgan fingerprint density at radius 1 is 1.47 bits per heavy atom. The van der Waals surface area contributed by atoms with E-state index in [1.165, 1.54) is 5.69 Å². The summed E-state index contributed by atoms with van der Waals surface area (Å²) in [5.41, 5.74) is 1.36. The summed E-state index contributed by atoms with van der Waals surface area (Å²) in [6.07, 6.45) is 10.5. The highest BCUT2D eigenvalue weighted by Gasteiger charge is 1.97. The number of nitrogens with zero attached hydrogens (tertiary/aromatic N) is 1. The molecule has 0 fully saturated rings. The molecule has 1 N–H and O–H groups in total. The quantitative estimate of drug-likeness (QED) is 0.533. The van der Waals surface area contributed by atoms with Gasteiger partial charge >= 0.3 is 0 Å². The van der Waals surface area contributed by atoms with Crippen LogP contribution < -0.4 is 5.32 Å². The van der Waals surface area contributed by atoms with Crippen LogP contribution in [0.2, 0.25) is 0 Å². The molecule has 0 unspecified atom stereocenters. The summed E-state index contributed by atoms with van der Waals surface area (Å²) < 4.78 is 2.26. The molecule has 1 aromatic heterocycles. The third kappa shape index (κ3) is 4.22. The Bertz CT molecular complexity index is 307. The molecule has 1 rings (SSSR count). The van der Waals surface area contributed by atoms with E-state index in [2.05, 4.69) is 41.1 Å². The maximum Gasteiger partial charge on any atom is 0.0359 e. The van der Waals surface area contributed by atoms with Crippen molar-refractivity contribution in [2.24, 2.45) is 0 Å². The van der Waals surface area contributed by atoms with Crippen LogP contribution in [0, 0.1) is 12.3 Å². The zero-order chi connectivity index (χ0) is 10.9. The number of aromatic nitrogens is 1. The standard InChI is InChI=1S/C13H20N2/c1-3-5-6-7-10-14-12-13-9-8-11-15(13)4-2/h1,8-9,11,14H,4-7,10,12H2,2H3. The van der Waals surface area contributed by atoms with Gasteiger partial charge in [0.05, 0.1) is 0 Å². The first kappa shape index (κ1) is 11.9. The van der Waals surface area contributed by atoms with Gasteiger partial charge in [-0.25, -0.2) is 0 Å². The Balaban J connectivity index is 2.12. The zero-order valence-electron chi connectivity index (χ0n) is 9.50. The van der Waals surface area contributed by atoms with E-state index in [0.29, 0.717) is 0 Å². The molecule has 0 aromatic carbocycles. The molecule has 0 atom stereocenters. The minimum absolute atomic E-state index is 0.896. The van der Waals surface area contributed by atoms with Crippen LogP contribution in [0.25, 0.3) is 0 Å². The Labute approximate surface area is 92.7 Å². The van der Waals surface area contributed by atoms with Crippen molar-refractivity contribution in [2.75, 3.05) is 6.54 Å². The number of hydrogen-bond donors (Lipinski definition) is 1. The third-order valence-electron chi connectivity index (χ3n) is 2.50. The lowest BCUT2D eigenvalue weighted by atomic mass is 10.2. The average molecular weight is 204 g/mol. The van der Waals surface area contributed by atoms with Gasteiger partial charge < -0.3 is 9.88 Å². The number of unbranched alkanes of at least 4 members (excludes halogenated alkanes) is 2. The van der Waals surface area contributed by atoms with Crippen molar-refractivity contribution in [1.82, 2.24) is 9.88 Å². The van der Waals surface area contributed by atoms with Crippen molar-refractivity contribution in [2.45, 2.75) is 39.3 Å². The summed E-state index contributed by atoms with van der Waals surface area (Å²) in [6.45, 7) is 5.21. The van der Waals surface area contributed by atoms with Crippen LogP contribution in [-0.4, -0.2) is 11.1 Å². The van der Waals surface area contributed by atoms with Crippen molar-refractivity contribution >= 4 is 0 Å². The highest BCUT2D eigenvalue weighted by molar-refractivity contribution is 5.06. The molecule has 0 aliphatic rings. The van der Waals surface area contributed by atoms with Gasteiger partial charge in [0.1, 0.15) is 0 Å². The van der Waals surface area contributed by atoms with Gasteiger partial charge in [0.15, 0.2) is 0 Å². The molecule has 1 aromatic rings. The van der Waals surface area contributed by atoms with Crippen LogP contribution in [-0.2, 0) is 13.1 Å². The second kappa shape index (κ2) is 7.14. The molecule has 0 aliphatic heterocycles. The normalized spacial score (nSPS) is 10.1. The average Bonchev–Trinajstić information content (AvgIpc) is 2.70. The fourth-order valence-electron chi connectivity index (χ4n) is 1.61. The van der Waals surface area contributed by atoms with E-state index in [9.17, 15) is 0 Å². The van der Waals surface area contributed by atoms with Crippen molar-refractivity contribution in [3.05, 3.63) is 24.0 Å². The van der Waals surface area contributed by atoms with E-state index in [0.717, 1.165) is 38.9 Å². The lowest BCUT2D eigenvalue weighted by Gasteiger charge is -2.07. The molecule has 2 nitrogen and oxygen atoms in total. The Hall–Kier alpha value is -1.20. The van der Waals surface area contributed by atoms with Gasteiger partial charge in [-0.15, -0.1) is 12.3 Å². The maximum atomic E-state index is 5.18. The van der Waals surface area contributed by atoms with Crippen LogP contribution >= 0.6 is 0 Å². The summed E-state index contributed by atoms with van der Waals surface area (Å²) in [4.78, 5) is 0. The summed E-state index contributed by atoms with van der Waals surface area (Å²) in [7, 11) is 0. The van der Waals surface area contributed by atoms with Crippen molar-refractivity contribution in [3.8, 4) is 12.3 Å². The Kier molecular flexibility index (Phi) is 5.65. The zero-order valence-corrected chi connectivity index (χ0v) is 9.50. The van der Waals surface area contributed by atoms with Crippen LogP contribution in [0.1, 0.15) is 31.9 Å². The molecule has 0 aliphatic carbocycles. The fourth-order valence-corrected chi connectivity index (χ4v) is 1.61. The minimum Gasteiger partial charge on any atom is -0.351 e. The Morgan fingerprint density at radius 3 is 3.07 bits per heavy atom. The minimum atomic E-state index is 0.896. The summed E-state index contributed by atoms with van der Waals surface area (Å²) in [5, 5.41) is 3.43. The SMILES string of the molecule is C#CCCCCNCc1cccn1CC. The second-order valence-electron chi connectivity index (χ2n) is 3.62. The van der Waals surface area contributed by atoms with Gasteiger partial charge in [-0.2, -0.15) is 0 Å². The monoisotopic (exact) mass is 204 g/mol. The number of nitrogens with one attached hydrogen (secondary N) is 1. The first-order chi connectivity index (χ1) is 7.38. The van der Waals surface area contributed by atoms with Crippen LogP contribution in [0.4, 0.5) is 0 Å². The van der Waals surface area contributed by atoms with Gasteiger partial charge in [0.2, 0.25) is 0 Å². The van der Waals surface area contributed by atoms with E-state index in [1.807, 2.05) is 0 Å². The number of rotatable bonds is 7. The Morgan fingerprint density at radius 2 is 2.33 bits per heavy atom. The molecule has 0 bridgehead atoms. The largest absolute Gasteiger partial charge is 0.351 e. The number of aryl methyl sites for hydroxylation is 1. The topological polar surface area (TPSA) is 17.0 Å². The first-order valence-corrected chi connectivity index (χ1v) is 5.66. The highest BCUT2D eigenvalue weighted by Crippen LogP contribution is 2.01. The molecule has 0 radical (unpaired) electrons. The fraction of sp³-hybridized carbons (Fsp3) is 0.538. The molecule has 82 valence electrons. The smallest absolute Gasteiger partial charge is 0.0359 e. The molecular formula is C13H20N2. The van der Waals surface area contributed by atoms with Crippen molar-refractivity contribution < 1.29 is 0 Å². The van der Waals surface area contributed by atoms with Gasteiger partial charge in [0.25, 0.3) is 0 Å². The van der Waals surface area contributed by atoms with E-state index in [1.54, 1.807) is 0 Å². The summed E-state index contributed by atoms with van der Waals surface area (Å²) in [6, 6.07) is 4.26. The van der Waals surface area contributed by atoms with Crippen molar-refractivity contribution in [1.29, 1.82) is 0 Å². The molecule has 0 saturated carbocycles. The van der Waals surface area contributed by atoms with Gasteiger partial charge in [-0.3, -0.25) is 0 Å². The van der Waals surface area contributed by atoms with Crippen LogP contribution in [0.3, 0.4) is 0 Å². The molecule has 0 saturated heterocycles. The molecule has 15 heavy (non-hydrogen) atoms. The molecule has 0 amide bonds. The lowest BCUT2D eigenvalue weighted by Crippen LogP contribution is -2.17. The van der Waals surface area contributed by atoms with E-state index in [4.69, 9.17) is 6.42 Å².